The van der Waals surface area contributed by atoms with Gasteiger partial charge >= 0.3 is 6.18 Å². The van der Waals surface area contributed by atoms with Crippen LogP contribution in [0.1, 0.15) is 49.7 Å². The lowest BCUT2D eigenvalue weighted by molar-refractivity contribution is -0.141. The number of rotatable bonds is 2. The average Bonchev–Trinajstić information content (AvgIpc) is 3.03. The van der Waals surface area contributed by atoms with Crippen LogP contribution in [0.2, 0.25) is 0 Å². The van der Waals surface area contributed by atoms with E-state index in [1.807, 2.05) is 25.9 Å². The van der Waals surface area contributed by atoms with Crippen molar-refractivity contribution in [2.75, 3.05) is 0 Å². The van der Waals surface area contributed by atoms with E-state index in [2.05, 4.69) is 5.10 Å². The third-order valence-corrected chi connectivity index (χ3v) is 5.84. The topological polar surface area (TPSA) is 62.8 Å². The van der Waals surface area contributed by atoms with Crippen molar-refractivity contribution in [1.82, 2.24) is 10.2 Å². The fourth-order valence-corrected chi connectivity index (χ4v) is 4.00. The highest BCUT2D eigenvalue weighted by Crippen LogP contribution is 2.65. The molecule has 0 radical (unpaired) electrons. The zero-order chi connectivity index (χ0) is 17.2. The molecule has 1 heterocycles. The molecule has 7 heteroatoms. The zero-order valence-corrected chi connectivity index (χ0v) is 13.0. The third-order valence-electron chi connectivity index (χ3n) is 5.84. The van der Waals surface area contributed by atoms with Gasteiger partial charge in [-0.15, -0.1) is 0 Å². The van der Waals surface area contributed by atoms with Crippen LogP contribution in [0.5, 0.6) is 0 Å². The molecule has 23 heavy (non-hydrogen) atoms. The van der Waals surface area contributed by atoms with Crippen LogP contribution < -0.4 is 0 Å². The van der Waals surface area contributed by atoms with Gasteiger partial charge in [-0.2, -0.15) is 18.3 Å². The molecule has 2 aliphatic rings. The number of alkyl halides is 3. The smallest absolute Gasteiger partial charge is 0.294 e. The van der Waals surface area contributed by atoms with Crippen LogP contribution in [0.25, 0.3) is 0 Å². The number of aromatic amines is 1. The van der Waals surface area contributed by atoms with E-state index >= 15 is 0 Å². The minimum atomic E-state index is -4.69. The van der Waals surface area contributed by atoms with Crippen molar-refractivity contribution >= 4 is 11.6 Å². The van der Waals surface area contributed by atoms with E-state index < -0.39 is 28.6 Å². The minimum Gasteiger partial charge on any atom is -0.294 e. The predicted octanol–water partition coefficient (Wildman–Crippen LogP) is 3.56. The van der Waals surface area contributed by atoms with Gasteiger partial charge in [-0.3, -0.25) is 14.7 Å². The van der Waals surface area contributed by atoms with Crippen LogP contribution in [-0.4, -0.2) is 21.8 Å². The maximum atomic E-state index is 12.9. The molecule has 4 nitrogen and oxygen atoms in total. The summed E-state index contributed by atoms with van der Waals surface area (Å²) in [6.07, 6.45) is -1.24. The molecule has 3 rings (SSSR count). The first-order valence-corrected chi connectivity index (χ1v) is 7.41. The quantitative estimate of drug-likeness (QED) is 0.667. The molecule has 0 amide bonds. The predicted molar refractivity (Wildman–Crippen MR) is 75.6 cm³/mol. The van der Waals surface area contributed by atoms with E-state index in [1.54, 1.807) is 0 Å². The van der Waals surface area contributed by atoms with Gasteiger partial charge in [-0.1, -0.05) is 20.8 Å². The number of Topliss-reactive ketones (excluding diaryl/α,β-unsaturated/α-hetero) is 1. The molecule has 1 aromatic heterocycles. The fraction of sp³-hybridized carbons (Fsp3) is 0.562. The van der Waals surface area contributed by atoms with E-state index in [4.69, 9.17) is 0 Å². The van der Waals surface area contributed by atoms with Crippen LogP contribution >= 0.6 is 0 Å². The number of ketones is 2. The molecule has 0 aromatic carbocycles. The van der Waals surface area contributed by atoms with Gasteiger partial charge < -0.3 is 0 Å². The van der Waals surface area contributed by atoms with E-state index in [9.17, 15) is 22.8 Å². The molecule has 1 N–H and O–H groups in total. The number of aromatic nitrogens is 2. The van der Waals surface area contributed by atoms with Gasteiger partial charge in [0.2, 0.25) is 0 Å². The Bertz CT molecular complexity index is 730. The van der Waals surface area contributed by atoms with E-state index in [0.717, 1.165) is 25.1 Å². The number of H-pyrrole nitrogens is 1. The number of carbonyl (C=O) groups excluding carboxylic acids is 2. The summed E-state index contributed by atoms with van der Waals surface area (Å²) in [5.41, 5.74) is -2.22. The Morgan fingerprint density at radius 2 is 2.04 bits per heavy atom. The van der Waals surface area contributed by atoms with Gasteiger partial charge in [0, 0.05) is 11.0 Å². The van der Waals surface area contributed by atoms with Crippen LogP contribution in [0.15, 0.2) is 17.8 Å². The van der Waals surface area contributed by atoms with Gasteiger partial charge in [0.25, 0.3) is 0 Å². The Hall–Kier alpha value is -1.92. The highest BCUT2D eigenvalue weighted by atomic mass is 19.4. The summed E-state index contributed by atoms with van der Waals surface area (Å²) in [5.74, 6) is -1.05. The Labute approximate surface area is 131 Å². The molecule has 2 saturated carbocycles. The number of nitrogens with one attached hydrogen (secondary N) is 1. The van der Waals surface area contributed by atoms with Crippen molar-refractivity contribution in [3.8, 4) is 0 Å². The van der Waals surface area contributed by atoms with E-state index in [0.29, 0.717) is 5.57 Å². The van der Waals surface area contributed by atoms with Crippen molar-refractivity contribution in [3.05, 3.63) is 29.1 Å². The molecule has 2 bridgehead atoms. The van der Waals surface area contributed by atoms with Crippen molar-refractivity contribution in [2.45, 2.75) is 39.8 Å². The van der Waals surface area contributed by atoms with Crippen LogP contribution in [0.4, 0.5) is 13.2 Å². The summed E-state index contributed by atoms with van der Waals surface area (Å²) < 4.78 is 38.6. The summed E-state index contributed by atoms with van der Waals surface area (Å²) in [5, 5.41) is 5.12. The summed E-state index contributed by atoms with van der Waals surface area (Å²) in [6.45, 7) is 5.83. The Balaban J connectivity index is 2.00. The second kappa shape index (κ2) is 4.55. The molecule has 0 spiro atoms. The summed E-state index contributed by atoms with van der Waals surface area (Å²) in [7, 11) is 0. The number of hydrogen-bond acceptors (Lipinski definition) is 3. The van der Waals surface area contributed by atoms with Gasteiger partial charge in [0.15, 0.2) is 17.3 Å². The standard InChI is InChI=1S/C16H17F3N2O2/c1-14(2)10-4-5-15(14,3)13(23)8(10)6-11(22)9-7-20-21-12(9)16(17,18)19/h6-7,10H,4-5H2,1-3H3,(H,20,21)/b8-6+/t10-,15+/m0/s1. The van der Waals surface area contributed by atoms with Gasteiger partial charge in [0.1, 0.15) is 0 Å². The zero-order valence-electron chi connectivity index (χ0n) is 13.0. The maximum absolute atomic E-state index is 12.9. The molecule has 124 valence electrons. The Morgan fingerprint density at radius 1 is 1.39 bits per heavy atom. The molecule has 0 unspecified atom stereocenters. The molecule has 0 aliphatic heterocycles. The first-order chi connectivity index (χ1) is 10.5. The summed E-state index contributed by atoms with van der Waals surface area (Å²) >= 11 is 0. The third kappa shape index (κ3) is 2.01. The first-order valence-electron chi connectivity index (χ1n) is 7.41. The number of hydrogen-bond donors (Lipinski definition) is 1. The van der Waals surface area contributed by atoms with E-state index in [1.165, 1.54) is 0 Å². The van der Waals surface area contributed by atoms with Gasteiger partial charge in [-0.05, 0) is 30.3 Å². The number of carbonyl (C=O) groups is 2. The molecule has 0 saturated heterocycles. The average molecular weight is 326 g/mol. The van der Waals surface area contributed by atoms with Crippen LogP contribution in [-0.2, 0) is 11.0 Å². The van der Waals surface area contributed by atoms with E-state index in [-0.39, 0.29) is 17.1 Å². The molecular formula is C16H17F3N2O2. The fourth-order valence-electron chi connectivity index (χ4n) is 4.00. The largest absolute Gasteiger partial charge is 0.433 e. The summed E-state index contributed by atoms with van der Waals surface area (Å²) in [6, 6.07) is 0. The lowest BCUT2D eigenvalue weighted by Gasteiger charge is -2.31. The van der Waals surface area contributed by atoms with Crippen molar-refractivity contribution in [1.29, 1.82) is 0 Å². The lowest BCUT2D eigenvalue weighted by atomic mass is 9.70. The maximum Gasteiger partial charge on any atom is 0.433 e. The second-order valence-corrected chi connectivity index (χ2v) is 7.09. The van der Waals surface area contributed by atoms with Crippen molar-refractivity contribution in [2.24, 2.45) is 16.7 Å². The van der Waals surface area contributed by atoms with Crippen molar-refractivity contribution in [3.63, 3.8) is 0 Å². The normalized spacial score (nSPS) is 31.1. The highest BCUT2D eigenvalue weighted by molar-refractivity contribution is 6.13. The van der Waals surface area contributed by atoms with Crippen LogP contribution in [0.3, 0.4) is 0 Å². The van der Waals surface area contributed by atoms with Crippen molar-refractivity contribution < 1.29 is 22.8 Å². The monoisotopic (exact) mass is 326 g/mol. The lowest BCUT2D eigenvalue weighted by Crippen LogP contribution is -2.32. The first kappa shape index (κ1) is 16.0. The number of fused-ring (bicyclic) bond motifs is 2. The SMILES string of the molecule is CC1(C)[C@H]2CC[C@]1(C)C(=O)/C2=C/C(=O)c1cn[nH]c1C(F)(F)F. The second-order valence-electron chi connectivity index (χ2n) is 7.09. The molecular weight excluding hydrogens is 309 g/mol. The Kier molecular flexibility index (Phi) is 3.16. The molecule has 1 aromatic rings. The number of nitrogens with zero attached hydrogens (tertiary/aromatic N) is 1. The van der Waals surface area contributed by atoms with Gasteiger partial charge in [-0.25, -0.2) is 0 Å². The molecule has 2 fully saturated rings. The molecule has 2 aliphatic carbocycles. The van der Waals surface area contributed by atoms with Crippen LogP contribution in [0, 0.1) is 16.7 Å². The minimum absolute atomic E-state index is 0.0924. The summed E-state index contributed by atoms with van der Waals surface area (Å²) in [4.78, 5) is 24.9. The molecule has 2 atom stereocenters. The Morgan fingerprint density at radius 3 is 2.57 bits per heavy atom. The highest BCUT2D eigenvalue weighted by Gasteiger charge is 2.64. The number of halogens is 3. The van der Waals surface area contributed by atoms with Gasteiger partial charge in [0.05, 0.1) is 11.8 Å². The number of allylic oxidation sites excluding steroid dienone is 2.